The number of rotatable bonds is 2. The molecule has 0 fully saturated rings. The maximum atomic E-state index is 11.1. The smallest absolute Gasteiger partial charge is 0.229 e. The Hall–Kier alpha value is -0.790. The molecule has 0 saturated carbocycles. The van der Waals surface area contributed by atoms with E-state index in [1.54, 1.807) is 7.05 Å². The molecule has 0 rings (SSSR count). The van der Waals surface area contributed by atoms with Gasteiger partial charge < -0.3 is 5.32 Å². The van der Waals surface area contributed by atoms with Gasteiger partial charge in [0.2, 0.25) is 5.91 Å². The van der Waals surface area contributed by atoms with Crippen LogP contribution in [0.1, 0.15) is 20.8 Å². The summed E-state index contributed by atoms with van der Waals surface area (Å²) < 4.78 is 0. The number of carbonyl (C=O) groups is 1. The first-order valence-corrected chi connectivity index (χ1v) is 3.40. The van der Waals surface area contributed by atoms with Crippen LogP contribution < -0.4 is 5.32 Å². The van der Waals surface area contributed by atoms with Gasteiger partial charge in [-0.15, -0.1) is 0 Å². The van der Waals surface area contributed by atoms with Gasteiger partial charge in [-0.25, -0.2) is 0 Å². The van der Waals surface area contributed by atoms with Crippen molar-refractivity contribution < 1.29 is 4.79 Å². The topological polar surface area (TPSA) is 29.1 Å². The van der Waals surface area contributed by atoms with Crippen LogP contribution in [-0.2, 0) is 4.79 Å². The lowest BCUT2D eigenvalue weighted by atomic mass is 9.92. The first-order valence-electron chi connectivity index (χ1n) is 3.40. The van der Waals surface area contributed by atoms with E-state index in [0.717, 1.165) is 0 Å². The van der Waals surface area contributed by atoms with Crippen molar-refractivity contribution in [2.75, 3.05) is 7.05 Å². The molecule has 0 aromatic carbocycles. The maximum Gasteiger partial charge on any atom is 0.229 e. The molecule has 0 unspecified atom stereocenters. The first kappa shape index (κ1) is 9.21. The van der Waals surface area contributed by atoms with Crippen LogP contribution in [0.3, 0.4) is 0 Å². The van der Waals surface area contributed by atoms with Gasteiger partial charge in [0.25, 0.3) is 0 Å². The van der Waals surface area contributed by atoms with E-state index >= 15 is 0 Å². The van der Waals surface area contributed by atoms with Crippen LogP contribution >= 0.6 is 0 Å². The molecule has 0 atom stereocenters. The lowest BCUT2D eigenvalue weighted by Gasteiger charge is -2.16. The van der Waals surface area contributed by atoms with E-state index in [2.05, 4.69) is 5.32 Å². The second-order valence-electron chi connectivity index (χ2n) is 2.80. The van der Waals surface area contributed by atoms with Crippen LogP contribution in [0.2, 0.25) is 0 Å². The Kier molecular flexibility index (Phi) is 3.13. The predicted molar refractivity (Wildman–Crippen MR) is 42.7 cm³/mol. The highest BCUT2D eigenvalue weighted by Crippen LogP contribution is 2.16. The van der Waals surface area contributed by atoms with Crippen molar-refractivity contribution >= 4 is 5.91 Å². The molecular formula is C8H15NO. The molecule has 2 nitrogen and oxygen atoms in total. The molecular weight excluding hydrogens is 126 g/mol. The minimum atomic E-state index is -0.372. The van der Waals surface area contributed by atoms with Crippen molar-refractivity contribution in [2.24, 2.45) is 5.41 Å². The van der Waals surface area contributed by atoms with Crippen molar-refractivity contribution in [3.63, 3.8) is 0 Å². The van der Waals surface area contributed by atoms with E-state index in [1.165, 1.54) is 0 Å². The van der Waals surface area contributed by atoms with E-state index in [0.29, 0.717) is 0 Å². The second-order valence-corrected chi connectivity index (χ2v) is 2.80. The van der Waals surface area contributed by atoms with Crippen molar-refractivity contribution in [3.8, 4) is 0 Å². The van der Waals surface area contributed by atoms with Gasteiger partial charge in [-0.05, 0) is 20.8 Å². The number of nitrogens with one attached hydrogen (secondary N) is 1. The van der Waals surface area contributed by atoms with Crippen molar-refractivity contribution in [1.82, 2.24) is 5.32 Å². The third-order valence-corrected chi connectivity index (χ3v) is 1.40. The molecule has 10 heavy (non-hydrogen) atoms. The van der Waals surface area contributed by atoms with Gasteiger partial charge in [-0.3, -0.25) is 4.79 Å². The van der Waals surface area contributed by atoms with E-state index in [1.807, 2.05) is 32.9 Å². The lowest BCUT2D eigenvalue weighted by Crippen LogP contribution is -2.32. The Morgan fingerprint density at radius 3 is 2.30 bits per heavy atom. The Labute approximate surface area is 62.3 Å². The second kappa shape index (κ2) is 3.40. The summed E-state index contributed by atoms with van der Waals surface area (Å²) in [4.78, 5) is 11.1. The lowest BCUT2D eigenvalue weighted by molar-refractivity contribution is -0.126. The summed E-state index contributed by atoms with van der Waals surface area (Å²) in [5.74, 6) is 0.0469. The van der Waals surface area contributed by atoms with E-state index < -0.39 is 0 Å². The molecule has 0 radical (unpaired) electrons. The average Bonchev–Trinajstić information content (AvgIpc) is 1.86. The Balaban J connectivity index is 4.24. The molecule has 0 aliphatic carbocycles. The zero-order valence-electron chi connectivity index (χ0n) is 7.06. The molecule has 1 N–H and O–H groups in total. The third kappa shape index (κ3) is 2.21. The van der Waals surface area contributed by atoms with E-state index in [9.17, 15) is 4.79 Å². The highest BCUT2D eigenvalue weighted by molar-refractivity contribution is 5.83. The molecule has 58 valence electrons. The van der Waals surface area contributed by atoms with Gasteiger partial charge in [-0.1, -0.05) is 12.2 Å². The quantitative estimate of drug-likeness (QED) is 0.577. The highest BCUT2D eigenvalue weighted by atomic mass is 16.2. The number of hydrogen-bond donors (Lipinski definition) is 1. The molecule has 0 aromatic heterocycles. The number of allylic oxidation sites excluding steroid dienone is 1. The van der Waals surface area contributed by atoms with Crippen molar-refractivity contribution in [3.05, 3.63) is 12.2 Å². The Morgan fingerprint density at radius 1 is 1.50 bits per heavy atom. The zero-order valence-corrected chi connectivity index (χ0v) is 7.06. The summed E-state index contributed by atoms with van der Waals surface area (Å²) in [5.41, 5.74) is -0.372. The number of amides is 1. The average molecular weight is 141 g/mol. The molecule has 0 aromatic rings. The zero-order chi connectivity index (χ0) is 8.20. The van der Waals surface area contributed by atoms with Gasteiger partial charge in [0.1, 0.15) is 0 Å². The normalized spacial score (nSPS) is 12.0. The van der Waals surface area contributed by atoms with Gasteiger partial charge in [-0.2, -0.15) is 0 Å². The van der Waals surface area contributed by atoms with Crippen LogP contribution in [0, 0.1) is 5.41 Å². The predicted octanol–water partition coefficient (Wildman–Crippen LogP) is 1.33. The highest BCUT2D eigenvalue weighted by Gasteiger charge is 2.21. The molecule has 0 heterocycles. The molecule has 0 aliphatic heterocycles. The van der Waals surface area contributed by atoms with E-state index in [4.69, 9.17) is 0 Å². The Bertz CT molecular complexity index is 147. The molecule has 0 spiro atoms. The first-order chi connectivity index (χ1) is 4.54. The molecule has 2 heteroatoms. The fraction of sp³-hybridized carbons (Fsp3) is 0.625. The van der Waals surface area contributed by atoms with Crippen molar-refractivity contribution in [2.45, 2.75) is 20.8 Å². The van der Waals surface area contributed by atoms with Crippen LogP contribution in [0.4, 0.5) is 0 Å². The van der Waals surface area contributed by atoms with Crippen molar-refractivity contribution in [1.29, 1.82) is 0 Å². The minimum Gasteiger partial charge on any atom is -0.358 e. The fourth-order valence-corrected chi connectivity index (χ4v) is 0.815. The monoisotopic (exact) mass is 141 g/mol. The van der Waals surface area contributed by atoms with Crippen LogP contribution in [0.15, 0.2) is 12.2 Å². The Morgan fingerprint density at radius 2 is 2.00 bits per heavy atom. The molecule has 0 saturated heterocycles. The van der Waals surface area contributed by atoms with Gasteiger partial charge in [0.15, 0.2) is 0 Å². The molecule has 0 bridgehead atoms. The standard InChI is InChI=1S/C8H15NO/c1-5-6-8(2,3)7(10)9-4/h5-6H,1-4H3,(H,9,10)/b6-5+. The summed E-state index contributed by atoms with van der Waals surface area (Å²) in [6, 6.07) is 0. The summed E-state index contributed by atoms with van der Waals surface area (Å²) in [6.07, 6.45) is 3.76. The summed E-state index contributed by atoms with van der Waals surface area (Å²) >= 11 is 0. The SMILES string of the molecule is C/C=C/C(C)(C)C(=O)NC. The number of hydrogen-bond acceptors (Lipinski definition) is 1. The molecule has 1 amide bonds. The summed E-state index contributed by atoms with van der Waals surface area (Å²) in [7, 11) is 1.65. The van der Waals surface area contributed by atoms with Crippen LogP contribution in [0.25, 0.3) is 0 Å². The van der Waals surface area contributed by atoms with E-state index in [-0.39, 0.29) is 11.3 Å². The van der Waals surface area contributed by atoms with Gasteiger partial charge in [0.05, 0.1) is 5.41 Å². The molecule has 0 aliphatic rings. The van der Waals surface area contributed by atoms with Crippen LogP contribution in [-0.4, -0.2) is 13.0 Å². The van der Waals surface area contributed by atoms with Crippen LogP contribution in [0.5, 0.6) is 0 Å². The van der Waals surface area contributed by atoms with Gasteiger partial charge in [0, 0.05) is 7.05 Å². The fourth-order valence-electron chi connectivity index (χ4n) is 0.815. The third-order valence-electron chi connectivity index (χ3n) is 1.40. The minimum absolute atomic E-state index is 0.0469. The van der Waals surface area contributed by atoms with Gasteiger partial charge >= 0.3 is 0 Å². The summed E-state index contributed by atoms with van der Waals surface area (Å²) in [6.45, 7) is 5.67. The number of carbonyl (C=O) groups excluding carboxylic acids is 1. The largest absolute Gasteiger partial charge is 0.358 e. The maximum absolute atomic E-state index is 11.1. The summed E-state index contributed by atoms with van der Waals surface area (Å²) in [5, 5.41) is 2.60.